The highest BCUT2D eigenvalue weighted by Gasteiger charge is 2.24. The molecule has 0 bridgehead atoms. The number of nitrogens with zero attached hydrogens (tertiary/aromatic N) is 1. The zero-order valence-corrected chi connectivity index (χ0v) is 22.5. The Labute approximate surface area is 223 Å². The Morgan fingerprint density at radius 1 is 1.00 bits per heavy atom. The second-order valence-electron chi connectivity index (χ2n) is 8.95. The van der Waals surface area contributed by atoms with E-state index in [-0.39, 0.29) is 9.79 Å². The molecule has 3 aromatic rings. The van der Waals surface area contributed by atoms with Gasteiger partial charge in [-0.2, -0.15) is 0 Å². The minimum absolute atomic E-state index is 0.226. The number of carbonyl (C=O) groups is 1. The van der Waals surface area contributed by atoms with Crippen LogP contribution in [0.3, 0.4) is 0 Å². The number of likely N-dealkylation sites (tertiary alicyclic amines) is 1. The minimum Gasteiger partial charge on any atom is -0.494 e. The van der Waals surface area contributed by atoms with Gasteiger partial charge in [0.05, 0.1) is 23.5 Å². The topological polar surface area (TPSA) is 84.9 Å². The molecule has 7 nitrogen and oxygen atoms in total. The number of piperidine rings is 1. The predicted molar refractivity (Wildman–Crippen MR) is 144 cm³/mol. The zero-order valence-electron chi connectivity index (χ0n) is 20.9. The Morgan fingerprint density at radius 2 is 1.62 bits per heavy atom. The van der Waals surface area contributed by atoms with Crippen molar-refractivity contribution in [1.82, 2.24) is 4.90 Å². The molecule has 0 aromatic heterocycles. The Morgan fingerprint density at radius 3 is 2.22 bits per heavy atom. The van der Waals surface area contributed by atoms with Crippen LogP contribution in [0.2, 0.25) is 5.02 Å². The van der Waals surface area contributed by atoms with Gasteiger partial charge in [0.2, 0.25) is 9.84 Å². The summed E-state index contributed by atoms with van der Waals surface area (Å²) < 4.78 is 36.4. The van der Waals surface area contributed by atoms with E-state index in [2.05, 4.69) is 10.2 Å². The first-order chi connectivity index (χ1) is 17.8. The summed E-state index contributed by atoms with van der Waals surface area (Å²) in [5.74, 6) is 1.15. The number of benzene rings is 3. The van der Waals surface area contributed by atoms with Crippen LogP contribution >= 0.6 is 11.6 Å². The van der Waals surface area contributed by atoms with Crippen LogP contribution in [0.25, 0.3) is 0 Å². The molecule has 9 heteroatoms. The van der Waals surface area contributed by atoms with E-state index in [1.807, 2.05) is 37.3 Å². The van der Waals surface area contributed by atoms with E-state index in [0.29, 0.717) is 23.2 Å². The van der Waals surface area contributed by atoms with Gasteiger partial charge in [-0.3, -0.25) is 10.2 Å². The number of amides is 1. The molecule has 1 aliphatic heterocycles. The fourth-order valence-corrected chi connectivity index (χ4v) is 5.97. The quantitative estimate of drug-likeness (QED) is 0.368. The van der Waals surface area contributed by atoms with Crippen molar-refractivity contribution >= 4 is 33.2 Å². The smallest absolute Gasteiger partial charge is 0.411 e. The average molecular weight is 543 g/mol. The van der Waals surface area contributed by atoms with Gasteiger partial charge in [0.25, 0.3) is 0 Å². The number of ether oxygens (including phenoxy) is 2. The third-order valence-electron chi connectivity index (χ3n) is 6.53. The number of hydrogen-bond donors (Lipinski definition) is 1. The lowest BCUT2D eigenvalue weighted by atomic mass is 9.88. The summed E-state index contributed by atoms with van der Waals surface area (Å²) in [5, 5.41) is 3.23. The molecule has 0 aliphatic carbocycles. The van der Waals surface area contributed by atoms with E-state index in [0.717, 1.165) is 49.4 Å². The normalized spacial score (nSPS) is 14.8. The number of sulfone groups is 1. The van der Waals surface area contributed by atoms with Crippen LogP contribution in [-0.4, -0.2) is 46.2 Å². The van der Waals surface area contributed by atoms with Gasteiger partial charge in [-0.05, 0) is 104 Å². The van der Waals surface area contributed by atoms with Crippen molar-refractivity contribution in [3.05, 3.63) is 82.9 Å². The monoisotopic (exact) mass is 542 g/mol. The molecule has 0 spiro atoms. The largest absolute Gasteiger partial charge is 0.494 e. The Hall–Kier alpha value is -3.07. The van der Waals surface area contributed by atoms with Crippen LogP contribution in [0.4, 0.5) is 10.5 Å². The highest BCUT2D eigenvalue weighted by Crippen LogP contribution is 2.36. The summed E-state index contributed by atoms with van der Waals surface area (Å²) in [6, 6.07) is 19.0. The molecule has 1 heterocycles. The molecule has 1 aliphatic rings. The van der Waals surface area contributed by atoms with Gasteiger partial charge < -0.3 is 9.47 Å². The van der Waals surface area contributed by atoms with Gasteiger partial charge in [0.1, 0.15) is 5.75 Å². The first-order valence-corrected chi connectivity index (χ1v) is 14.1. The van der Waals surface area contributed by atoms with E-state index in [1.165, 1.54) is 19.2 Å². The van der Waals surface area contributed by atoms with Crippen molar-refractivity contribution in [1.29, 1.82) is 0 Å². The van der Waals surface area contributed by atoms with Crippen LogP contribution in [0.1, 0.15) is 36.8 Å². The van der Waals surface area contributed by atoms with E-state index >= 15 is 0 Å². The summed E-state index contributed by atoms with van der Waals surface area (Å²) in [7, 11) is -2.24. The van der Waals surface area contributed by atoms with Gasteiger partial charge in [-0.1, -0.05) is 23.7 Å². The summed E-state index contributed by atoms with van der Waals surface area (Å²) in [4.78, 5) is 14.5. The van der Waals surface area contributed by atoms with Crippen molar-refractivity contribution in [2.45, 2.75) is 42.0 Å². The lowest BCUT2D eigenvalue weighted by molar-refractivity contribution is 0.187. The maximum atomic E-state index is 12.9. The molecule has 1 fully saturated rings. The Kier molecular flexibility index (Phi) is 8.74. The summed E-state index contributed by atoms with van der Waals surface area (Å²) >= 11 is 5.89. The fraction of sp³-hybridized carbons (Fsp3) is 0.321. The molecule has 1 amide bonds. The highest BCUT2D eigenvalue weighted by atomic mass is 35.5. The maximum absolute atomic E-state index is 12.9. The van der Waals surface area contributed by atoms with Crippen LogP contribution in [-0.2, 0) is 21.1 Å². The number of anilines is 1. The van der Waals surface area contributed by atoms with Gasteiger partial charge in [-0.25, -0.2) is 13.2 Å². The summed E-state index contributed by atoms with van der Waals surface area (Å²) in [6.45, 7) is 5.07. The van der Waals surface area contributed by atoms with Crippen LogP contribution in [0.5, 0.6) is 5.75 Å². The molecule has 0 atom stereocenters. The lowest BCUT2D eigenvalue weighted by Gasteiger charge is -2.33. The molecule has 0 saturated carbocycles. The van der Waals surface area contributed by atoms with Crippen molar-refractivity contribution in [3.8, 4) is 5.75 Å². The predicted octanol–water partition coefficient (Wildman–Crippen LogP) is 6.13. The standard InChI is InChI=1S/C28H31ClN2O5S/c1-3-36-27-13-8-23(30-28(32)35-2)18-26(27)21-14-16-31(17-15-21)19-20-4-9-24(10-5-20)37(33,34)25-11-6-22(29)7-12-25/h4-13,18,21H,3,14-17,19H2,1-2H3,(H,30,32). The number of rotatable bonds is 8. The fourth-order valence-electron chi connectivity index (χ4n) is 4.59. The minimum atomic E-state index is -3.58. The van der Waals surface area contributed by atoms with Gasteiger partial charge >= 0.3 is 6.09 Å². The molecule has 1 N–H and O–H groups in total. The average Bonchev–Trinajstić information content (AvgIpc) is 2.90. The molecule has 3 aromatic carbocycles. The second-order valence-corrected chi connectivity index (χ2v) is 11.3. The second kappa shape index (κ2) is 12.0. The molecule has 4 rings (SSSR count). The molecule has 0 radical (unpaired) electrons. The van der Waals surface area contributed by atoms with Gasteiger partial charge in [0.15, 0.2) is 0 Å². The third-order valence-corrected chi connectivity index (χ3v) is 8.57. The van der Waals surface area contributed by atoms with Crippen molar-refractivity contribution in [2.75, 3.05) is 32.1 Å². The molecule has 37 heavy (non-hydrogen) atoms. The molecule has 196 valence electrons. The first kappa shape index (κ1) is 27.0. The summed E-state index contributed by atoms with van der Waals surface area (Å²) in [6.07, 6.45) is 1.40. The van der Waals surface area contributed by atoms with E-state index < -0.39 is 15.9 Å². The zero-order chi connectivity index (χ0) is 26.4. The van der Waals surface area contributed by atoms with Crippen LogP contribution < -0.4 is 10.1 Å². The molecule has 1 saturated heterocycles. The van der Waals surface area contributed by atoms with Gasteiger partial charge in [0, 0.05) is 17.3 Å². The van der Waals surface area contributed by atoms with Crippen molar-refractivity contribution in [3.63, 3.8) is 0 Å². The molecular weight excluding hydrogens is 512 g/mol. The Bertz CT molecular complexity index is 1320. The van der Waals surface area contributed by atoms with E-state index in [1.54, 1.807) is 24.3 Å². The Balaban J connectivity index is 1.39. The van der Waals surface area contributed by atoms with E-state index in [9.17, 15) is 13.2 Å². The van der Waals surface area contributed by atoms with Crippen LogP contribution in [0.15, 0.2) is 76.5 Å². The number of nitrogens with one attached hydrogen (secondary N) is 1. The lowest BCUT2D eigenvalue weighted by Crippen LogP contribution is -2.32. The number of methoxy groups -OCH3 is 1. The highest BCUT2D eigenvalue weighted by molar-refractivity contribution is 7.91. The van der Waals surface area contributed by atoms with Crippen LogP contribution in [0, 0.1) is 0 Å². The van der Waals surface area contributed by atoms with Crippen molar-refractivity contribution < 1.29 is 22.7 Å². The SMILES string of the molecule is CCOc1ccc(NC(=O)OC)cc1C1CCN(Cc2ccc(S(=O)(=O)c3ccc(Cl)cc3)cc2)CC1. The number of carbonyl (C=O) groups excluding carboxylic acids is 1. The van der Waals surface area contributed by atoms with E-state index in [4.69, 9.17) is 21.1 Å². The summed E-state index contributed by atoms with van der Waals surface area (Å²) in [5.41, 5.74) is 2.83. The van der Waals surface area contributed by atoms with Gasteiger partial charge in [-0.15, -0.1) is 0 Å². The number of hydrogen-bond acceptors (Lipinski definition) is 6. The molecular formula is C28H31ClN2O5S. The number of halogens is 1. The maximum Gasteiger partial charge on any atom is 0.411 e. The third kappa shape index (κ3) is 6.63. The van der Waals surface area contributed by atoms with Crippen molar-refractivity contribution in [2.24, 2.45) is 0 Å². The molecule has 0 unspecified atom stereocenters. The first-order valence-electron chi connectivity index (χ1n) is 12.2.